The molecular weight excluding hydrogens is 310 g/mol. The molecule has 2 aromatic carbocycles. The van der Waals surface area contributed by atoms with Gasteiger partial charge in [-0.25, -0.2) is 0 Å². The number of hydrogen-bond donors (Lipinski definition) is 0. The summed E-state index contributed by atoms with van der Waals surface area (Å²) in [6.07, 6.45) is 9.38. The van der Waals surface area contributed by atoms with Crippen molar-refractivity contribution in [1.29, 1.82) is 0 Å². The Bertz CT molecular complexity index is 808. The minimum Gasteiger partial charge on any atom is -0.439 e. The van der Waals surface area contributed by atoms with Crippen LogP contribution in [0, 0.1) is 0 Å². The van der Waals surface area contributed by atoms with Gasteiger partial charge in [-0.2, -0.15) is 4.68 Å². The fraction of sp³-hybridized carbons (Fsp3) is 0.333. The normalized spacial score (nSPS) is 11.8. The molecule has 3 rings (SSSR count). The SMILES string of the molecule is CCCCCCCC=C(Oc1ccccc1)n1nnc2ccccc21. The third kappa shape index (κ3) is 4.69. The van der Waals surface area contributed by atoms with Crippen molar-refractivity contribution < 1.29 is 4.74 Å². The summed E-state index contributed by atoms with van der Waals surface area (Å²) in [7, 11) is 0. The molecule has 130 valence electrons. The number of allylic oxidation sites excluding steroid dienone is 1. The van der Waals surface area contributed by atoms with Crippen LogP contribution in [0.25, 0.3) is 16.9 Å². The van der Waals surface area contributed by atoms with E-state index in [0.29, 0.717) is 0 Å². The highest BCUT2D eigenvalue weighted by atomic mass is 16.5. The van der Waals surface area contributed by atoms with Crippen molar-refractivity contribution in [2.45, 2.75) is 45.4 Å². The molecule has 0 aliphatic rings. The number of aromatic nitrogens is 3. The van der Waals surface area contributed by atoms with Gasteiger partial charge in [-0.3, -0.25) is 0 Å². The summed E-state index contributed by atoms with van der Waals surface area (Å²) in [5.74, 6) is 1.52. The number of fused-ring (bicyclic) bond motifs is 1. The van der Waals surface area contributed by atoms with Crippen molar-refractivity contribution in [3.63, 3.8) is 0 Å². The molecule has 1 heterocycles. The summed E-state index contributed by atoms with van der Waals surface area (Å²) < 4.78 is 7.90. The van der Waals surface area contributed by atoms with Crippen molar-refractivity contribution in [2.24, 2.45) is 0 Å². The molecule has 1 aromatic heterocycles. The van der Waals surface area contributed by atoms with Gasteiger partial charge in [-0.1, -0.05) is 68.2 Å². The Morgan fingerprint density at radius 1 is 0.960 bits per heavy atom. The molecule has 0 unspecified atom stereocenters. The molecule has 0 spiro atoms. The summed E-state index contributed by atoms with van der Waals surface area (Å²) in [5.41, 5.74) is 1.82. The second-order valence-electron chi connectivity index (χ2n) is 6.15. The summed E-state index contributed by atoms with van der Waals surface area (Å²) in [6, 6.07) is 17.8. The highest BCUT2D eigenvalue weighted by Gasteiger charge is 2.10. The van der Waals surface area contributed by atoms with E-state index in [0.717, 1.165) is 35.5 Å². The molecule has 0 aliphatic heterocycles. The third-order valence-corrected chi connectivity index (χ3v) is 4.15. The van der Waals surface area contributed by atoms with Crippen molar-refractivity contribution in [1.82, 2.24) is 15.0 Å². The minimum atomic E-state index is 0.718. The van der Waals surface area contributed by atoms with E-state index in [1.165, 1.54) is 25.7 Å². The van der Waals surface area contributed by atoms with Gasteiger partial charge in [-0.05, 0) is 43.2 Å². The van der Waals surface area contributed by atoms with E-state index in [1.54, 1.807) is 4.68 Å². The molecule has 3 aromatic rings. The number of hydrogen-bond acceptors (Lipinski definition) is 3. The number of para-hydroxylation sites is 2. The summed E-state index contributed by atoms with van der Waals surface area (Å²) >= 11 is 0. The first-order valence-corrected chi connectivity index (χ1v) is 9.12. The van der Waals surface area contributed by atoms with E-state index in [9.17, 15) is 0 Å². The van der Waals surface area contributed by atoms with Gasteiger partial charge in [0.25, 0.3) is 0 Å². The Balaban J connectivity index is 1.79. The number of benzene rings is 2. The van der Waals surface area contributed by atoms with Crippen LogP contribution < -0.4 is 4.74 Å². The van der Waals surface area contributed by atoms with Gasteiger partial charge in [0.2, 0.25) is 5.88 Å². The third-order valence-electron chi connectivity index (χ3n) is 4.15. The van der Waals surface area contributed by atoms with Gasteiger partial charge in [0.05, 0.1) is 5.52 Å². The maximum absolute atomic E-state index is 6.12. The molecule has 0 atom stereocenters. The lowest BCUT2D eigenvalue weighted by Crippen LogP contribution is -2.06. The van der Waals surface area contributed by atoms with Gasteiger partial charge in [0.15, 0.2) is 0 Å². The van der Waals surface area contributed by atoms with E-state index >= 15 is 0 Å². The highest BCUT2D eigenvalue weighted by Crippen LogP contribution is 2.20. The average Bonchev–Trinajstić information content (AvgIpc) is 3.08. The second-order valence-corrected chi connectivity index (χ2v) is 6.15. The largest absolute Gasteiger partial charge is 0.439 e. The molecule has 0 fully saturated rings. The highest BCUT2D eigenvalue weighted by molar-refractivity contribution is 5.77. The molecule has 0 N–H and O–H groups in total. The summed E-state index contributed by atoms with van der Waals surface area (Å²) in [5, 5.41) is 8.54. The molecule has 4 nitrogen and oxygen atoms in total. The molecule has 4 heteroatoms. The zero-order valence-electron chi connectivity index (χ0n) is 14.8. The zero-order chi connectivity index (χ0) is 17.3. The van der Waals surface area contributed by atoms with E-state index in [-0.39, 0.29) is 0 Å². The molecule has 25 heavy (non-hydrogen) atoms. The maximum atomic E-state index is 6.12. The van der Waals surface area contributed by atoms with Gasteiger partial charge < -0.3 is 4.74 Å². The van der Waals surface area contributed by atoms with Crippen LogP contribution in [0.15, 0.2) is 60.7 Å². The average molecular weight is 335 g/mol. The number of nitrogens with zero attached hydrogens (tertiary/aromatic N) is 3. The fourth-order valence-electron chi connectivity index (χ4n) is 2.79. The van der Waals surface area contributed by atoms with Crippen molar-refractivity contribution >= 4 is 16.9 Å². The Morgan fingerprint density at radius 2 is 1.72 bits per heavy atom. The number of rotatable bonds is 9. The van der Waals surface area contributed by atoms with E-state index in [1.807, 2.05) is 54.6 Å². The lowest BCUT2D eigenvalue weighted by atomic mass is 10.1. The monoisotopic (exact) mass is 335 g/mol. The summed E-state index contributed by atoms with van der Waals surface area (Å²) in [4.78, 5) is 0. The lowest BCUT2D eigenvalue weighted by Gasteiger charge is -2.10. The van der Waals surface area contributed by atoms with Gasteiger partial charge in [-0.15, -0.1) is 5.10 Å². The van der Waals surface area contributed by atoms with Gasteiger partial charge in [0, 0.05) is 0 Å². The molecule has 0 bridgehead atoms. The first-order valence-electron chi connectivity index (χ1n) is 9.12. The minimum absolute atomic E-state index is 0.718. The van der Waals surface area contributed by atoms with Crippen LogP contribution in [0.3, 0.4) is 0 Å². The van der Waals surface area contributed by atoms with Gasteiger partial charge in [0.1, 0.15) is 11.3 Å². The first-order chi connectivity index (χ1) is 12.4. The van der Waals surface area contributed by atoms with Crippen LogP contribution in [0.5, 0.6) is 5.75 Å². The van der Waals surface area contributed by atoms with E-state index in [4.69, 9.17) is 4.74 Å². The van der Waals surface area contributed by atoms with Crippen molar-refractivity contribution in [2.75, 3.05) is 0 Å². The molecule has 0 amide bonds. The second kappa shape index (κ2) is 9.02. The van der Waals surface area contributed by atoms with Crippen LogP contribution in [0.4, 0.5) is 0 Å². The zero-order valence-corrected chi connectivity index (χ0v) is 14.8. The molecule has 0 saturated heterocycles. The van der Waals surface area contributed by atoms with E-state index in [2.05, 4.69) is 23.3 Å². The van der Waals surface area contributed by atoms with Crippen LogP contribution in [0.1, 0.15) is 45.4 Å². The predicted molar refractivity (Wildman–Crippen MR) is 102 cm³/mol. The van der Waals surface area contributed by atoms with Crippen molar-refractivity contribution in [3.05, 3.63) is 60.7 Å². The van der Waals surface area contributed by atoms with Crippen LogP contribution in [-0.2, 0) is 0 Å². The molecule has 0 aliphatic carbocycles. The van der Waals surface area contributed by atoms with Crippen LogP contribution >= 0.6 is 0 Å². The first kappa shape index (κ1) is 17.2. The standard InChI is InChI=1S/C21H25N3O/c1-2-3-4-5-6-10-17-21(25-18-13-8-7-9-14-18)24-20-16-12-11-15-19(20)22-23-24/h7-9,11-17H,2-6,10H2,1H3. The maximum Gasteiger partial charge on any atom is 0.218 e. The number of unbranched alkanes of at least 4 members (excludes halogenated alkanes) is 5. The smallest absolute Gasteiger partial charge is 0.218 e. The summed E-state index contributed by atoms with van der Waals surface area (Å²) in [6.45, 7) is 2.24. The number of ether oxygens (including phenoxy) is 1. The topological polar surface area (TPSA) is 39.9 Å². The predicted octanol–water partition coefficient (Wildman–Crippen LogP) is 5.67. The lowest BCUT2D eigenvalue weighted by molar-refractivity contribution is 0.463. The Hall–Kier alpha value is -2.62. The molecule has 0 radical (unpaired) electrons. The Kier molecular flexibility index (Phi) is 6.21. The van der Waals surface area contributed by atoms with Crippen molar-refractivity contribution in [3.8, 4) is 5.75 Å². The van der Waals surface area contributed by atoms with Crippen LogP contribution in [0.2, 0.25) is 0 Å². The van der Waals surface area contributed by atoms with Crippen LogP contribution in [-0.4, -0.2) is 15.0 Å². The van der Waals surface area contributed by atoms with Gasteiger partial charge >= 0.3 is 0 Å². The van der Waals surface area contributed by atoms with E-state index < -0.39 is 0 Å². The molecular formula is C21H25N3O. The molecule has 0 saturated carbocycles. The Labute approximate surface area is 149 Å². The Morgan fingerprint density at radius 3 is 2.56 bits per heavy atom. The fourth-order valence-corrected chi connectivity index (χ4v) is 2.79. The quantitative estimate of drug-likeness (QED) is 0.374.